The predicted octanol–water partition coefficient (Wildman–Crippen LogP) is 2.92. The summed E-state index contributed by atoms with van der Waals surface area (Å²) in [5.41, 5.74) is 0.594. The Morgan fingerprint density at radius 1 is 1.37 bits per heavy atom. The average molecular weight is 380 g/mol. The van der Waals surface area contributed by atoms with Gasteiger partial charge in [0, 0.05) is 17.7 Å². The smallest absolute Gasteiger partial charge is 0.271 e. The number of amidine groups is 1. The van der Waals surface area contributed by atoms with Gasteiger partial charge >= 0.3 is 0 Å². The van der Waals surface area contributed by atoms with Crippen molar-refractivity contribution in [3.63, 3.8) is 0 Å². The van der Waals surface area contributed by atoms with Gasteiger partial charge in [-0.15, -0.1) is 0 Å². The summed E-state index contributed by atoms with van der Waals surface area (Å²) in [6, 6.07) is 10.9. The Morgan fingerprint density at radius 2 is 2.15 bits per heavy atom. The summed E-state index contributed by atoms with van der Waals surface area (Å²) in [5, 5.41) is 23.0. The first-order chi connectivity index (χ1) is 13.0. The van der Waals surface area contributed by atoms with Crippen LogP contribution >= 0.6 is 11.8 Å². The zero-order chi connectivity index (χ0) is 19.4. The molecule has 2 aromatic carbocycles. The molecular formula is C17H12N6O3S. The molecule has 1 heterocycles. The van der Waals surface area contributed by atoms with Gasteiger partial charge in [0.1, 0.15) is 5.82 Å². The minimum absolute atomic E-state index is 0.168. The second kappa shape index (κ2) is 7.67. The van der Waals surface area contributed by atoms with E-state index >= 15 is 0 Å². The third-order valence-electron chi connectivity index (χ3n) is 3.64. The van der Waals surface area contributed by atoms with Crippen molar-refractivity contribution in [2.24, 2.45) is 4.99 Å². The van der Waals surface area contributed by atoms with Crippen molar-refractivity contribution in [2.75, 3.05) is 6.26 Å². The summed E-state index contributed by atoms with van der Waals surface area (Å²) in [5.74, 6) is 0.227. The predicted molar refractivity (Wildman–Crippen MR) is 104 cm³/mol. The van der Waals surface area contributed by atoms with Crippen molar-refractivity contribution in [1.82, 2.24) is 15.3 Å². The minimum atomic E-state index is -0.546. The first kappa shape index (κ1) is 18.1. The molecule has 10 heteroatoms. The third-order valence-corrected chi connectivity index (χ3v) is 4.22. The van der Waals surface area contributed by atoms with Crippen LogP contribution in [0, 0.1) is 21.6 Å². The van der Waals surface area contributed by atoms with Gasteiger partial charge in [-0.05, 0) is 24.5 Å². The fourth-order valence-electron chi connectivity index (χ4n) is 2.42. The van der Waals surface area contributed by atoms with Crippen LogP contribution in [0.25, 0.3) is 22.3 Å². The molecule has 3 rings (SSSR count). The van der Waals surface area contributed by atoms with Crippen LogP contribution in [0.3, 0.4) is 0 Å². The number of nitrogens with zero attached hydrogens (tertiary/aromatic N) is 4. The zero-order valence-corrected chi connectivity index (χ0v) is 14.8. The molecule has 9 nitrogen and oxygen atoms in total. The normalized spacial score (nSPS) is 11.2. The number of nitrogens with one attached hydrogen (secondary N) is 2. The second-order valence-electron chi connectivity index (χ2n) is 5.25. The number of aromatic amines is 1. The standard InChI is InChI=1S/C17H12N6O3S/c1-27-17(19-9-18)21-14-8-10(23(25)26)6-7-11(14)15-20-13-5-3-2-4-12(13)16(24)22-15/h2-8H,1H3,(H,19,21)(H,20,22,24). The number of rotatable bonds is 3. The highest BCUT2D eigenvalue weighted by molar-refractivity contribution is 8.13. The highest BCUT2D eigenvalue weighted by Crippen LogP contribution is 2.32. The van der Waals surface area contributed by atoms with E-state index in [2.05, 4.69) is 20.3 Å². The molecule has 0 atom stereocenters. The van der Waals surface area contributed by atoms with E-state index in [-0.39, 0.29) is 27.9 Å². The SMILES string of the molecule is CSC(=Nc1cc([N+](=O)[O-])ccc1-c1nc2ccccc2c(=O)[nH]1)NC#N. The van der Waals surface area contributed by atoms with E-state index in [1.807, 2.05) is 0 Å². The molecule has 0 saturated carbocycles. The van der Waals surface area contributed by atoms with Crippen LogP contribution < -0.4 is 10.9 Å². The van der Waals surface area contributed by atoms with Crippen molar-refractivity contribution in [2.45, 2.75) is 0 Å². The quantitative estimate of drug-likeness (QED) is 0.178. The second-order valence-corrected chi connectivity index (χ2v) is 6.04. The van der Waals surface area contributed by atoms with Gasteiger partial charge in [-0.1, -0.05) is 23.9 Å². The van der Waals surface area contributed by atoms with E-state index in [1.165, 1.54) is 30.0 Å². The molecule has 2 N–H and O–H groups in total. The van der Waals surface area contributed by atoms with Crippen molar-refractivity contribution >= 4 is 39.2 Å². The number of H-pyrrole nitrogens is 1. The summed E-state index contributed by atoms with van der Waals surface area (Å²) in [6.45, 7) is 0. The van der Waals surface area contributed by atoms with Crippen LogP contribution in [-0.4, -0.2) is 26.3 Å². The number of aliphatic imine (C=N–C) groups is 1. The molecule has 134 valence electrons. The summed E-state index contributed by atoms with van der Waals surface area (Å²) in [4.78, 5) is 34.3. The Morgan fingerprint density at radius 3 is 2.85 bits per heavy atom. The molecule has 0 amide bonds. The lowest BCUT2D eigenvalue weighted by Gasteiger charge is -2.08. The maximum absolute atomic E-state index is 12.3. The van der Waals surface area contributed by atoms with Crippen LogP contribution in [0.4, 0.5) is 11.4 Å². The summed E-state index contributed by atoms with van der Waals surface area (Å²) >= 11 is 1.17. The number of nitro benzene ring substituents is 1. The Hall–Kier alpha value is -3.71. The molecular weight excluding hydrogens is 368 g/mol. The van der Waals surface area contributed by atoms with Gasteiger partial charge in [-0.2, -0.15) is 5.26 Å². The molecule has 0 unspecified atom stereocenters. The van der Waals surface area contributed by atoms with Gasteiger partial charge in [0.05, 0.1) is 21.5 Å². The number of nitro groups is 1. The fourth-order valence-corrected chi connectivity index (χ4v) is 2.76. The number of non-ortho nitro benzene ring substituents is 1. The van der Waals surface area contributed by atoms with Gasteiger partial charge in [-0.3, -0.25) is 20.2 Å². The molecule has 0 bridgehead atoms. The molecule has 0 aliphatic carbocycles. The van der Waals surface area contributed by atoms with Gasteiger partial charge < -0.3 is 4.98 Å². The highest BCUT2D eigenvalue weighted by Gasteiger charge is 2.15. The zero-order valence-electron chi connectivity index (χ0n) is 14.0. The number of hydrogen-bond donors (Lipinski definition) is 2. The summed E-state index contributed by atoms with van der Waals surface area (Å²) < 4.78 is 0. The first-order valence-corrected chi connectivity index (χ1v) is 8.81. The largest absolute Gasteiger partial charge is 0.306 e. The maximum Gasteiger partial charge on any atom is 0.271 e. The highest BCUT2D eigenvalue weighted by atomic mass is 32.2. The number of thioether (sulfide) groups is 1. The summed E-state index contributed by atoms with van der Waals surface area (Å²) in [6.07, 6.45) is 3.46. The lowest BCUT2D eigenvalue weighted by molar-refractivity contribution is -0.384. The van der Waals surface area contributed by atoms with E-state index in [9.17, 15) is 14.9 Å². The lowest BCUT2D eigenvalue weighted by Crippen LogP contribution is -2.13. The lowest BCUT2D eigenvalue weighted by atomic mass is 10.1. The molecule has 0 aliphatic rings. The van der Waals surface area contributed by atoms with E-state index in [0.29, 0.717) is 16.5 Å². The van der Waals surface area contributed by atoms with Crippen LogP contribution in [0.1, 0.15) is 0 Å². The Balaban J connectivity index is 2.25. The number of aromatic nitrogens is 2. The van der Waals surface area contributed by atoms with Crippen molar-refractivity contribution in [3.05, 3.63) is 62.9 Å². The van der Waals surface area contributed by atoms with Gasteiger partial charge in [0.2, 0.25) is 0 Å². The Bertz CT molecular complexity index is 1170. The average Bonchev–Trinajstić information content (AvgIpc) is 2.67. The number of benzene rings is 2. The van der Waals surface area contributed by atoms with Gasteiger partial charge in [0.25, 0.3) is 11.2 Å². The molecule has 0 spiro atoms. The van der Waals surface area contributed by atoms with Crippen molar-refractivity contribution in [1.29, 1.82) is 5.26 Å². The molecule has 1 aromatic heterocycles. The van der Waals surface area contributed by atoms with Gasteiger partial charge in [0.15, 0.2) is 11.4 Å². The molecule has 0 saturated heterocycles. The van der Waals surface area contributed by atoms with E-state index in [0.717, 1.165) is 0 Å². The first-order valence-electron chi connectivity index (χ1n) is 7.59. The molecule has 27 heavy (non-hydrogen) atoms. The number of fused-ring (bicyclic) bond motifs is 1. The monoisotopic (exact) mass is 380 g/mol. The number of hydrogen-bond acceptors (Lipinski definition) is 7. The molecule has 0 aliphatic heterocycles. The topological polar surface area (TPSA) is 137 Å². The van der Waals surface area contributed by atoms with Crippen LogP contribution in [0.2, 0.25) is 0 Å². The molecule has 0 radical (unpaired) electrons. The van der Waals surface area contributed by atoms with Crippen LogP contribution in [-0.2, 0) is 0 Å². The Labute approximate surface area is 156 Å². The molecule has 3 aromatic rings. The minimum Gasteiger partial charge on any atom is -0.306 e. The van der Waals surface area contributed by atoms with Crippen molar-refractivity contribution < 1.29 is 4.92 Å². The molecule has 0 fully saturated rings. The van der Waals surface area contributed by atoms with E-state index < -0.39 is 4.92 Å². The fraction of sp³-hybridized carbons (Fsp3) is 0.0588. The van der Waals surface area contributed by atoms with Crippen molar-refractivity contribution in [3.8, 4) is 17.6 Å². The van der Waals surface area contributed by atoms with E-state index in [1.54, 1.807) is 36.7 Å². The Kier molecular flexibility index (Phi) is 5.14. The van der Waals surface area contributed by atoms with Crippen LogP contribution in [0.5, 0.6) is 0 Å². The van der Waals surface area contributed by atoms with E-state index in [4.69, 9.17) is 5.26 Å². The van der Waals surface area contributed by atoms with Gasteiger partial charge in [-0.25, -0.2) is 9.98 Å². The number of para-hydroxylation sites is 1. The van der Waals surface area contributed by atoms with Crippen LogP contribution in [0.15, 0.2) is 52.3 Å². The third kappa shape index (κ3) is 3.78. The maximum atomic E-state index is 12.3. The summed E-state index contributed by atoms with van der Waals surface area (Å²) in [7, 11) is 0. The number of nitriles is 1.